The van der Waals surface area contributed by atoms with Crippen LogP contribution in [0.5, 0.6) is 0 Å². The van der Waals surface area contributed by atoms with Gasteiger partial charge in [-0.25, -0.2) is 0 Å². The van der Waals surface area contributed by atoms with E-state index in [2.05, 4.69) is 0 Å². The highest BCUT2D eigenvalue weighted by Crippen LogP contribution is 2.29. The van der Waals surface area contributed by atoms with Crippen molar-refractivity contribution in [3.05, 3.63) is 35.9 Å². The molecule has 0 N–H and O–H groups in total. The molecule has 2 aliphatic rings. The van der Waals surface area contributed by atoms with Gasteiger partial charge in [-0.2, -0.15) is 0 Å². The van der Waals surface area contributed by atoms with E-state index in [0.717, 1.165) is 12.1 Å². The molecule has 1 saturated carbocycles. The van der Waals surface area contributed by atoms with Crippen LogP contribution in [0.15, 0.2) is 30.3 Å². The normalized spacial score (nSPS) is 23.4. The first-order valence-corrected chi connectivity index (χ1v) is 7.73. The number of amides is 2. The van der Waals surface area contributed by atoms with E-state index in [4.69, 9.17) is 0 Å². The van der Waals surface area contributed by atoms with Gasteiger partial charge in [-0.05, 0) is 24.3 Å². The molecule has 112 valence electrons. The Bertz CT molecular complexity index is 525. The van der Waals surface area contributed by atoms with Crippen molar-refractivity contribution >= 4 is 11.8 Å². The van der Waals surface area contributed by atoms with Crippen LogP contribution < -0.4 is 0 Å². The maximum absolute atomic E-state index is 12.5. The van der Waals surface area contributed by atoms with E-state index in [1.807, 2.05) is 35.2 Å². The molecule has 4 heteroatoms. The molecule has 1 aromatic carbocycles. The third kappa shape index (κ3) is 2.94. The number of hydrogen-bond donors (Lipinski definition) is 0. The van der Waals surface area contributed by atoms with Crippen LogP contribution in [0.2, 0.25) is 0 Å². The number of benzene rings is 1. The molecule has 21 heavy (non-hydrogen) atoms. The van der Waals surface area contributed by atoms with E-state index in [0.29, 0.717) is 12.3 Å². The second kappa shape index (κ2) is 5.88. The van der Waals surface area contributed by atoms with Crippen molar-refractivity contribution in [3.63, 3.8) is 0 Å². The minimum absolute atomic E-state index is 0.0674. The first kappa shape index (κ1) is 14.1. The number of carbonyl (C=O) groups is 2. The van der Waals surface area contributed by atoms with E-state index in [-0.39, 0.29) is 24.4 Å². The van der Waals surface area contributed by atoms with E-state index in [1.54, 1.807) is 11.9 Å². The van der Waals surface area contributed by atoms with Gasteiger partial charge in [0, 0.05) is 20.0 Å². The minimum Gasteiger partial charge on any atom is -0.335 e. The monoisotopic (exact) mass is 286 g/mol. The Morgan fingerprint density at radius 3 is 2.48 bits per heavy atom. The fourth-order valence-corrected chi connectivity index (χ4v) is 3.15. The second-order valence-corrected chi connectivity index (χ2v) is 6.24. The van der Waals surface area contributed by atoms with Crippen LogP contribution in [0.3, 0.4) is 0 Å². The highest BCUT2D eigenvalue weighted by Gasteiger charge is 2.39. The van der Waals surface area contributed by atoms with Crippen molar-refractivity contribution in [2.75, 3.05) is 20.1 Å². The Morgan fingerprint density at radius 2 is 1.86 bits per heavy atom. The second-order valence-electron chi connectivity index (χ2n) is 6.24. The van der Waals surface area contributed by atoms with Gasteiger partial charge in [0.1, 0.15) is 6.04 Å². The van der Waals surface area contributed by atoms with Crippen molar-refractivity contribution < 1.29 is 9.59 Å². The summed E-state index contributed by atoms with van der Waals surface area (Å²) in [6, 6.07) is 9.63. The van der Waals surface area contributed by atoms with Gasteiger partial charge in [0.2, 0.25) is 11.8 Å². The lowest BCUT2D eigenvalue weighted by molar-refractivity contribution is -0.155. The standard InChI is InChI=1S/C17H22N2O2/c1-18-12-16(20)19(11-14-8-5-9-14)15(17(18)21)10-13-6-3-2-4-7-13/h2-4,6-7,14-15H,5,8-12H2,1H3/t15-/m1/s1. The fraction of sp³-hybridized carbons (Fsp3) is 0.529. The number of piperazine rings is 1. The largest absolute Gasteiger partial charge is 0.335 e. The highest BCUT2D eigenvalue weighted by atomic mass is 16.2. The lowest BCUT2D eigenvalue weighted by Crippen LogP contribution is -2.60. The zero-order valence-electron chi connectivity index (χ0n) is 12.5. The smallest absolute Gasteiger partial charge is 0.245 e. The van der Waals surface area contributed by atoms with Gasteiger partial charge in [-0.3, -0.25) is 9.59 Å². The molecule has 0 aromatic heterocycles. The van der Waals surface area contributed by atoms with Gasteiger partial charge in [0.25, 0.3) is 0 Å². The quantitative estimate of drug-likeness (QED) is 0.845. The first-order chi connectivity index (χ1) is 10.1. The Kier molecular flexibility index (Phi) is 3.95. The molecule has 0 spiro atoms. The van der Waals surface area contributed by atoms with Crippen LogP contribution in [0, 0.1) is 5.92 Å². The summed E-state index contributed by atoms with van der Waals surface area (Å²) in [6.45, 7) is 0.965. The number of hydrogen-bond acceptors (Lipinski definition) is 2. The molecule has 0 unspecified atom stereocenters. The third-order valence-corrected chi connectivity index (χ3v) is 4.68. The van der Waals surface area contributed by atoms with Crippen molar-refractivity contribution in [3.8, 4) is 0 Å². The van der Waals surface area contributed by atoms with Gasteiger partial charge in [0.15, 0.2) is 0 Å². The topological polar surface area (TPSA) is 40.6 Å². The van der Waals surface area contributed by atoms with Crippen molar-refractivity contribution in [1.29, 1.82) is 0 Å². The Balaban J connectivity index is 1.79. The molecule has 0 radical (unpaired) electrons. The highest BCUT2D eigenvalue weighted by molar-refractivity contribution is 5.94. The molecule has 0 bridgehead atoms. The maximum Gasteiger partial charge on any atom is 0.245 e. The molecule has 1 atom stereocenters. The Morgan fingerprint density at radius 1 is 1.14 bits per heavy atom. The molecule has 2 amide bonds. The average Bonchev–Trinajstić information content (AvgIpc) is 2.43. The van der Waals surface area contributed by atoms with E-state index >= 15 is 0 Å². The molecule has 1 heterocycles. The summed E-state index contributed by atoms with van der Waals surface area (Å²) in [6.07, 6.45) is 4.24. The number of nitrogens with zero attached hydrogens (tertiary/aromatic N) is 2. The van der Waals surface area contributed by atoms with Gasteiger partial charge in [-0.1, -0.05) is 36.8 Å². The predicted molar refractivity (Wildman–Crippen MR) is 80.6 cm³/mol. The summed E-state index contributed by atoms with van der Waals surface area (Å²) in [7, 11) is 1.72. The van der Waals surface area contributed by atoms with Crippen LogP contribution >= 0.6 is 0 Å². The summed E-state index contributed by atoms with van der Waals surface area (Å²) in [5, 5.41) is 0. The molecule has 2 fully saturated rings. The van der Waals surface area contributed by atoms with Crippen molar-refractivity contribution in [2.45, 2.75) is 31.7 Å². The van der Waals surface area contributed by atoms with Gasteiger partial charge in [-0.15, -0.1) is 0 Å². The molecule has 1 saturated heterocycles. The number of carbonyl (C=O) groups excluding carboxylic acids is 2. The lowest BCUT2D eigenvalue weighted by Gasteiger charge is -2.42. The van der Waals surface area contributed by atoms with E-state index in [1.165, 1.54) is 19.3 Å². The van der Waals surface area contributed by atoms with Crippen LogP contribution in [0.25, 0.3) is 0 Å². The van der Waals surface area contributed by atoms with Gasteiger partial charge in [0.05, 0.1) is 6.54 Å². The molecule has 1 aliphatic carbocycles. The Labute approximate surface area is 125 Å². The van der Waals surface area contributed by atoms with Crippen LogP contribution in [0.1, 0.15) is 24.8 Å². The zero-order valence-corrected chi connectivity index (χ0v) is 12.5. The maximum atomic E-state index is 12.5. The summed E-state index contributed by atoms with van der Waals surface area (Å²) in [5.41, 5.74) is 1.11. The summed E-state index contributed by atoms with van der Waals surface area (Å²) in [5.74, 6) is 0.742. The van der Waals surface area contributed by atoms with Crippen molar-refractivity contribution in [2.24, 2.45) is 5.92 Å². The fourth-order valence-electron chi connectivity index (χ4n) is 3.15. The number of rotatable bonds is 4. The Hall–Kier alpha value is -1.84. The lowest BCUT2D eigenvalue weighted by atomic mass is 9.84. The van der Waals surface area contributed by atoms with Crippen LogP contribution in [-0.2, 0) is 16.0 Å². The van der Waals surface area contributed by atoms with E-state index < -0.39 is 0 Å². The van der Waals surface area contributed by atoms with Gasteiger partial charge < -0.3 is 9.80 Å². The average molecular weight is 286 g/mol. The van der Waals surface area contributed by atoms with Crippen LogP contribution in [-0.4, -0.2) is 47.8 Å². The molecule has 3 rings (SSSR count). The van der Waals surface area contributed by atoms with Crippen LogP contribution in [0.4, 0.5) is 0 Å². The first-order valence-electron chi connectivity index (χ1n) is 7.73. The minimum atomic E-state index is -0.334. The molecule has 1 aliphatic heterocycles. The predicted octanol–water partition coefficient (Wildman–Crippen LogP) is 1.70. The van der Waals surface area contributed by atoms with Gasteiger partial charge >= 0.3 is 0 Å². The molecular weight excluding hydrogens is 264 g/mol. The summed E-state index contributed by atoms with van der Waals surface area (Å²) >= 11 is 0. The summed E-state index contributed by atoms with van der Waals surface area (Å²) in [4.78, 5) is 28.3. The van der Waals surface area contributed by atoms with E-state index in [9.17, 15) is 9.59 Å². The molecule has 4 nitrogen and oxygen atoms in total. The number of likely N-dealkylation sites (N-methyl/N-ethyl adjacent to an activating group) is 1. The zero-order chi connectivity index (χ0) is 14.8. The molecular formula is C17H22N2O2. The SMILES string of the molecule is CN1CC(=O)N(CC2CCC2)[C@H](Cc2ccccc2)C1=O. The summed E-state index contributed by atoms with van der Waals surface area (Å²) < 4.78 is 0. The third-order valence-electron chi connectivity index (χ3n) is 4.68. The molecule has 1 aromatic rings. The van der Waals surface area contributed by atoms with Crippen molar-refractivity contribution in [1.82, 2.24) is 9.80 Å².